The smallest absolute Gasteiger partial charge is 0.352 e. The highest BCUT2D eigenvalue weighted by Crippen LogP contribution is 2.10. The predicted molar refractivity (Wildman–Crippen MR) is 55.0 cm³/mol. The van der Waals surface area contributed by atoms with Gasteiger partial charge in [-0.05, 0) is 20.8 Å². The van der Waals surface area contributed by atoms with Crippen LogP contribution in [0.5, 0.6) is 0 Å². The summed E-state index contributed by atoms with van der Waals surface area (Å²) in [6.07, 6.45) is -0.107. The largest absolute Gasteiger partial charge is 0.481 e. The average Bonchev–Trinajstić information content (AvgIpc) is 2.00. The number of esters is 1. The molecule has 0 aliphatic carbocycles. The molecule has 86 valence electrons. The molecule has 0 bridgehead atoms. The van der Waals surface area contributed by atoms with Crippen molar-refractivity contribution in [1.82, 2.24) is 0 Å². The average molecular weight is 215 g/mol. The van der Waals surface area contributed by atoms with Crippen LogP contribution in [0.2, 0.25) is 0 Å². The minimum atomic E-state index is -1.02. The van der Waals surface area contributed by atoms with Crippen LogP contribution in [-0.2, 0) is 14.3 Å². The number of aliphatic carboxylic acids is 1. The van der Waals surface area contributed by atoms with Gasteiger partial charge in [-0.3, -0.25) is 10.2 Å². The van der Waals surface area contributed by atoms with E-state index in [2.05, 4.69) is 0 Å². The van der Waals surface area contributed by atoms with Gasteiger partial charge in [0.05, 0.1) is 5.92 Å². The number of hydrogen-bond acceptors (Lipinski definition) is 4. The fourth-order valence-corrected chi connectivity index (χ4v) is 0.817. The highest BCUT2D eigenvalue weighted by Gasteiger charge is 2.23. The van der Waals surface area contributed by atoms with Gasteiger partial charge in [-0.25, -0.2) is 4.79 Å². The van der Waals surface area contributed by atoms with Crippen LogP contribution < -0.4 is 0 Å². The maximum absolute atomic E-state index is 11.3. The van der Waals surface area contributed by atoms with Gasteiger partial charge in [0.2, 0.25) is 0 Å². The van der Waals surface area contributed by atoms with Crippen LogP contribution in [0.3, 0.4) is 0 Å². The van der Waals surface area contributed by atoms with Crippen molar-refractivity contribution < 1.29 is 19.4 Å². The summed E-state index contributed by atoms with van der Waals surface area (Å²) in [6, 6.07) is 0. The Balaban J connectivity index is 4.24. The Hall–Kier alpha value is -1.39. The van der Waals surface area contributed by atoms with E-state index in [-0.39, 0.29) is 12.1 Å². The molecule has 2 N–H and O–H groups in total. The van der Waals surface area contributed by atoms with Crippen molar-refractivity contribution in [2.45, 2.75) is 39.7 Å². The number of ether oxygens (including phenoxy) is 1. The SMILES string of the molecule is CC(CC(=N)C(=O)OC(C)(C)C)C(=O)O. The first-order chi connectivity index (χ1) is 6.63. The van der Waals surface area contributed by atoms with Gasteiger partial charge in [-0.15, -0.1) is 0 Å². The maximum Gasteiger partial charge on any atom is 0.352 e. The Labute approximate surface area is 88.9 Å². The number of rotatable bonds is 4. The summed E-state index contributed by atoms with van der Waals surface area (Å²) in [5, 5.41) is 16.0. The minimum Gasteiger partial charge on any atom is -0.481 e. The van der Waals surface area contributed by atoms with Crippen LogP contribution >= 0.6 is 0 Å². The van der Waals surface area contributed by atoms with Crippen molar-refractivity contribution in [3.63, 3.8) is 0 Å². The second-order valence-corrected chi connectivity index (χ2v) is 4.42. The second-order valence-electron chi connectivity index (χ2n) is 4.42. The van der Waals surface area contributed by atoms with Gasteiger partial charge in [0, 0.05) is 6.42 Å². The minimum absolute atomic E-state index is 0.107. The third kappa shape index (κ3) is 5.83. The first kappa shape index (κ1) is 13.6. The van der Waals surface area contributed by atoms with Crippen molar-refractivity contribution in [1.29, 1.82) is 5.41 Å². The van der Waals surface area contributed by atoms with Gasteiger partial charge in [0.25, 0.3) is 0 Å². The quantitative estimate of drug-likeness (QED) is 0.549. The molecule has 0 saturated carbocycles. The summed E-state index contributed by atoms with van der Waals surface area (Å²) in [7, 11) is 0. The topological polar surface area (TPSA) is 87.5 Å². The third-order valence-corrected chi connectivity index (χ3v) is 1.58. The molecule has 0 rings (SSSR count). The Morgan fingerprint density at radius 3 is 2.20 bits per heavy atom. The molecule has 0 amide bonds. The number of carbonyl (C=O) groups is 2. The molecule has 15 heavy (non-hydrogen) atoms. The first-order valence-corrected chi connectivity index (χ1v) is 4.67. The maximum atomic E-state index is 11.3. The number of carboxylic acid groups (broad SMARTS) is 1. The molecule has 0 spiro atoms. The molecule has 1 unspecified atom stereocenters. The van der Waals surface area contributed by atoms with Crippen molar-refractivity contribution in [2.75, 3.05) is 0 Å². The first-order valence-electron chi connectivity index (χ1n) is 4.67. The zero-order valence-corrected chi connectivity index (χ0v) is 9.46. The lowest BCUT2D eigenvalue weighted by Gasteiger charge is -2.19. The molecular formula is C10H17NO4. The van der Waals surface area contributed by atoms with E-state index in [1.807, 2.05) is 0 Å². The summed E-state index contributed by atoms with van der Waals surface area (Å²) < 4.78 is 4.92. The van der Waals surface area contributed by atoms with E-state index >= 15 is 0 Å². The zero-order valence-electron chi connectivity index (χ0n) is 9.46. The monoisotopic (exact) mass is 215 g/mol. The summed E-state index contributed by atoms with van der Waals surface area (Å²) in [5.74, 6) is -2.52. The molecule has 0 aromatic rings. The summed E-state index contributed by atoms with van der Waals surface area (Å²) in [5.41, 5.74) is -0.963. The van der Waals surface area contributed by atoms with Gasteiger partial charge in [0.15, 0.2) is 0 Å². The molecule has 0 radical (unpaired) electrons. The lowest BCUT2D eigenvalue weighted by molar-refractivity contribution is -0.146. The Kier molecular flexibility index (Phi) is 4.45. The van der Waals surface area contributed by atoms with Crippen LogP contribution in [-0.4, -0.2) is 28.4 Å². The van der Waals surface area contributed by atoms with Crippen LogP contribution in [0.4, 0.5) is 0 Å². The molecule has 0 saturated heterocycles. The van der Waals surface area contributed by atoms with Gasteiger partial charge in [-0.1, -0.05) is 6.92 Å². The molecule has 5 nitrogen and oxygen atoms in total. The number of carboxylic acids is 1. The van der Waals surface area contributed by atoms with E-state index in [0.717, 1.165) is 0 Å². The van der Waals surface area contributed by atoms with Crippen molar-refractivity contribution in [2.24, 2.45) is 5.92 Å². The highest BCUT2D eigenvalue weighted by molar-refractivity contribution is 6.35. The van der Waals surface area contributed by atoms with Crippen LogP contribution in [0.15, 0.2) is 0 Å². The molecule has 0 aliphatic heterocycles. The van der Waals surface area contributed by atoms with E-state index in [0.29, 0.717) is 0 Å². The van der Waals surface area contributed by atoms with Crippen molar-refractivity contribution in [3.8, 4) is 0 Å². The zero-order chi connectivity index (χ0) is 12.2. The fourth-order valence-electron chi connectivity index (χ4n) is 0.817. The molecule has 0 aromatic heterocycles. The van der Waals surface area contributed by atoms with E-state index < -0.39 is 23.5 Å². The standard InChI is InChI=1S/C10H17NO4/c1-6(8(12)13)5-7(11)9(14)15-10(2,3)4/h6,11H,5H2,1-4H3,(H,12,13). The number of carbonyl (C=O) groups excluding carboxylic acids is 1. The normalized spacial score (nSPS) is 13.1. The van der Waals surface area contributed by atoms with E-state index in [1.54, 1.807) is 20.8 Å². The molecule has 0 aromatic carbocycles. The van der Waals surface area contributed by atoms with Gasteiger partial charge < -0.3 is 9.84 Å². The van der Waals surface area contributed by atoms with E-state index in [9.17, 15) is 9.59 Å². The Bertz CT molecular complexity index is 278. The van der Waals surface area contributed by atoms with Gasteiger partial charge in [0.1, 0.15) is 11.3 Å². The summed E-state index contributed by atoms with van der Waals surface area (Å²) in [4.78, 5) is 21.8. The van der Waals surface area contributed by atoms with Crippen LogP contribution in [0.25, 0.3) is 0 Å². The Morgan fingerprint density at radius 2 is 1.87 bits per heavy atom. The molecule has 0 fully saturated rings. The molecule has 0 aliphatic rings. The van der Waals surface area contributed by atoms with Crippen molar-refractivity contribution >= 4 is 17.7 Å². The van der Waals surface area contributed by atoms with E-state index in [1.165, 1.54) is 6.92 Å². The third-order valence-electron chi connectivity index (χ3n) is 1.58. The van der Waals surface area contributed by atoms with Crippen molar-refractivity contribution in [3.05, 3.63) is 0 Å². The highest BCUT2D eigenvalue weighted by atomic mass is 16.6. The number of nitrogens with one attached hydrogen (secondary N) is 1. The Morgan fingerprint density at radius 1 is 1.40 bits per heavy atom. The lowest BCUT2D eigenvalue weighted by Crippen LogP contribution is -2.30. The van der Waals surface area contributed by atoms with Gasteiger partial charge in [-0.2, -0.15) is 0 Å². The fraction of sp³-hybridized carbons (Fsp3) is 0.700. The molecule has 1 atom stereocenters. The number of hydrogen-bond donors (Lipinski definition) is 2. The molecular weight excluding hydrogens is 198 g/mol. The lowest BCUT2D eigenvalue weighted by atomic mass is 10.0. The second kappa shape index (κ2) is 4.91. The summed E-state index contributed by atoms with van der Waals surface area (Å²) >= 11 is 0. The predicted octanol–water partition coefficient (Wildman–Crippen LogP) is 1.46. The summed E-state index contributed by atoms with van der Waals surface area (Å²) in [6.45, 7) is 6.53. The van der Waals surface area contributed by atoms with Crippen LogP contribution in [0, 0.1) is 11.3 Å². The van der Waals surface area contributed by atoms with Gasteiger partial charge >= 0.3 is 11.9 Å². The van der Waals surface area contributed by atoms with Crippen LogP contribution in [0.1, 0.15) is 34.1 Å². The molecule has 0 heterocycles. The van der Waals surface area contributed by atoms with E-state index in [4.69, 9.17) is 15.3 Å². The molecule has 5 heteroatoms.